The normalized spacial score (nSPS) is 11.1. The molecule has 0 saturated carbocycles. The number of nitrogens with zero attached hydrogens (tertiary/aromatic N) is 1. The van der Waals surface area contributed by atoms with Gasteiger partial charge in [-0.15, -0.1) is 0 Å². The molecular formula is C22H20N2O4. The van der Waals surface area contributed by atoms with Crippen molar-refractivity contribution in [2.45, 2.75) is 26.5 Å². The van der Waals surface area contributed by atoms with E-state index in [2.05, 4.69) is 10.5 Å². The molecule has 0 saturated heterocycles. The number of aromatic nitrogens is 1. The Labute approximate surface area is 162 Å². The summed E-state index contributed by atoms with van der Waals surface area (Å²) in [4.78, 5) is 12.3. The topological polar surface area (TPSA) is 77.5 Å². The van der Waals surface area contributed by atoms with Gasteiger partial charge in [0.2, 0.25) is 5.76 Å². The van der Waals surface area contributed by atoms with Gasteiger partial charge in [-0.05, 0) is 50.2 Å². The van der Waals surface area contributed by atoms with Gasteiger partial charge >= 0.3 is 0 Å². The molecule has 6 nitrogen and oxygen atoms in total. The molecular weight excluding hydrogens is 356 g/mol. The van der Waals surface area contributed by atoms with Crippen molar-refractivity contribution in [2.75, 3.05) is 0 Å². The average molecular weight is 376 g/mol. The lowest BCUT2D eigenvalue weighted by Gasteiger charge is -2.10. The van der Waals surface area contributed by atoms with E-state index in [9.17, 15) is 4.79 Å². The predicted molar refractivity (Wildman–Crippen MR) is 105 cm³/mol. The summed E-state index contributed by atoms with van der Waals surface area (Å²) < 4.78 is 16.7. The van der Waals surface area contributed by atoms with Gasteiger partial charge in [-0.1, -0.05) is 23.4 Å². The molecule has 0 aliphatic rings. The second-order valence-corrected chi connectivity index (χ2v) is 6.70. The molecule has 142 valence electrons. The molecule has 0 atom stereocenters. The fourth-order valence-electron chi connectivity index (χ4n) is 2.84. The Hall–Kier alpha value is -3.54. The van der Waals surface area contributed by atoms with Crippen LogP contribution in [0, 0.1) is 0 Å². The van der Waals surface area contributed by atoms with Crippen LogP contribution in [0.5, 0.6) is 5.75 Å². The van der Waals surface area contributed by atoms with E-state index in [1.54, 1.807) is 30.3 Å². The van der Waals surface area contributed by atoms with E-state index in [0.717, 1.165) is 16.7 Å². The first kappa shape index (κ1) is 17.9. The minimum Gasteiger partial charge on any atom is -0.491 e. The zero-order chi connectivity index (χ0) is 19.5. The van der Waals surface area contributed by atoms with Crippen molar-refractivity contribution in [1.82, 2.24) is 10.5 Å². The van der Waals surface area contributed by atoms with Gasteiger partial charge in [0, 0.05) is 17.0 Å². The van der Waals surface area contributed by atoms with Crippen LogP contribution in [0.3, 0.4) is 0 Å². The van der Waals surface area contributed by atoms with Gasteiger partial charge in [-0.2, -0.15) is 0 Å². The lowest BCUT2D eigenvalue weighted by molar-refractivity contribution is 0.0950. The summed E-state index contributed by atoms with van der Waals surface area (Å²) in [5, 5.41) is 7.83. The number of hydrogen-bond acceptors (Lipinski definition) is 5. The van der Waals surface area contributed by atoms with Gasteiger partial charge < -0.3 is 19.0 Å². The first-order valence-corrected chi connectivity index (χ1v) is 9.08. The van der Waals surface area contributed by atoms with Crippen molar-refractivity contribution in [3.8, 4) is 17.3 Å². The molecule has 0 spiro atoms. The van der Waals surface area contributed by atoms with Crippen LogP contribution in [0.15, 0.2) is 69.6 Å². The Morgan fingerprint density at radius 3 is 2.61 bits per heavy atom. The van der Waals surface area contributed by atoms with Crippen molar-refractivity contribution in [3.63, 3.8) is 0 Å². The first-order valence-electron chi connectivity index (χ1n) is 9.08. The number of fused-ring (bicyclic) bond motifs is 1. The maximum absolute atomic E-state index is 12.3. The average Bonchev–Trinajstić information content (AvgIpc) is 3.33. The summed E-state index contributed by atoms with van der Waals surface area (Å²) in [5.41, 5.74) is 1.95. The Morgan fingerprint density at radius 2 is 1.86 bits per heavy atom. The van der Waals surface area contributed by atoms with Crippen LogP contribution in [0.2, 0.25) is 0 Å². The van der Waals surface area contributed by atoms with Crippen LogP contribution in [0.25, 0.3) is 22.5 Å². The van der Waals surface area contributed by atoms with Crippen molar-refractivity contribution >= 4 is 16.9 Å². The summed E-state index contributed by atoms with van der Waals surface area (Å²) in [6.07, 6.45) is 0.0905. The number of carbonyl (C=O) groups is 1. The van der Waals surface area contributed by atoms with Crippen LogP contribution in [0.4, 0.5) is 0 Å². The number of ether oxygens (including phenoxy) is 1. The van der Waals surface area contributed by atoms with E-state index in [1.807, 2.05) is 44.2 Å². The Balaban J connectivity index is 1.39. The molecule has 0 radical (unpaired) electrons. The Bertz CT molecular complexity index is 1060. The van der Waals surface area contributed by atoms with Crippen molar-refractivity contribution in [1.29, 1.82) is 0 Å². The van der Waals surface area contributed by atoms with Crippen LogP contribution in [-0.4, -0.2) is 17.2 Å². The molecule has 0 bridgehead atoms. The van der Waals surface area contributed by atoms with Gasteiger partial charge in [0.15, 0.2) is 5.76 Å². The second-order valence-electron chi connectivity index (χ2n) is 6.70. The second kappa shape index (κ2) is 7.60. The lowest BCUT2D eigenvalue weighted by atomic mass is 10.2. The van der Waals surface area contributed by atoms with Gasteiger partial charge in [0.1, 0.15) is 17.0 Å². The highest BCUT2D eigenvalue weighted by atomic mass is 16.5. The van der Waals surface area contributed by atoms with Crippen LogP contribution < -0.4 is 10.1 Å². The highest BCUT2D eigenvalue weighted by molar-refractivity contribution is 5.94. The number of hydrogen-bond donors (Lipinski definition) is 1. The number of amides is 1. The number of benzene rings is 2. The monoisotopic (exact) mass is 376 g/mol. The van der Waals surface area contributed by atoms with E-state index < -0.39 is 0 Å². The van der Waals surface area contributed by atoms with Crippen molar-refractivity contribution < 1.29 is 18.5 Å². The van der Waals surface area contributed by atoms with Crippen molar-refractivity contribution in [2.24, 2.45) is 0 Å². The molecule has 2 aromatic heterocycles. The van der Waals surface area contributed by atoms with E-state index in [1.165, 1.54) is 0 Å². The standard InChI is InChI=1S/C22H20N2O4/c1-14(2)26-18-9-7-15(8-10-18)22(25)23-13-17-12-21(28-24-17)20-11-16-5-3-4-6-19(16)27-20/h3-12,14H,13H2,1-2H3,(H,23,25). The number of carbonyl (C=O) groups excluding carboxylic acids is 1. The zero-order valence-corrected chi connectivity index (χ0v) is 15.6. The summed E-state index contributed by atoms with van der Waals surface area (Å²) in [7, 11) is 0. The summed E-state index contributed by atoms with van der Waals surface area (Å²) in [6.45, 7) is 4.17. The lowest BCUT2D eigenvalue weighted by Crippen LogP contribution is -2.22. The van der Waals surface area contributed by atoms with Crippen molar-refractivity contribution in [3.05, 3.63) is 71.9 Å². The van der Waals surface area contributed by atoms with Gasteiger partial charge in [-0.25, -0.2) is 0 Å². The molecule has 6 heteroatoms. The quantitative estimate of drug-likeness (QED) is 0.523. The number of nitrogens with one attached hydrogen (secondary N) is 1. The van der Waals surface area contributed by atoms with Crippen LogP contribution in [0.1, 0.15) is 29.9 Å². The molecule has 2 heterocycles. The molecule has 1 amide bonds. The van der Waals surface area contributed by atoms with E-state index in [4.69, 9.17) is 13.7 Å². The first-order chi connectivity index (χ1) is 13.6. The van der Waals surface area contributed by atoms with Gasteiger partial charge in [-0.3, -0.25) is 4.79 Å². The summed E-state index contributed by atoms with van der Waals surface area (Å²) in [5.74, 6) is 1.67. The van der Waals surface area contributed by atoms with E-state index >= 15 is 0 Å². The molecule has 0 aliphatic heterocycles. The Morgan fingerprint density at radius 1 is 1.07 bits per heavy atom. The van der Waals surface area contributed by atoms with Gasteiger partial charge in [0.25, 0.3) is 5.91 Å². The minimum absolute atomic E-state index is 0.0905. The molecule has 1 N–H and O–H groups in total. The van der Waals surface area contributed by atoms with E-state index in [-0.39, 0.29) is 18.6 Å². The number of furan rings is 1. The highest BCUT2D eigenvalue weighted by Gasteiger charge is 2.13. The maximum atomic E-state index is 12.3. The third-order valence-electron chi connectivity index (χ3n) is 4.15. The number of para-hydroxylation sites is 1. The smallest absolute Gasteiger partial charge is 0.251 e. The largest absolute Gasteiger partial charge is 0.491 e. The molecule has 2 aromatic carbocycles. The fraction of sp³-hybridized carbons (Fsp3) is 0.182. The van der Waals surface area contributed by atoms with E-state index in [0.29, 0.717) is 22.8 Å². The van der Waals surface area contributed by atoms with Crippen LogP contribution >= 0.6 is 0 Å². The highest BCUT2D eigenvalue weighted by Crippen LogP contribution is 2.28. The summed E-state index contributed by atoms with van der Waals surface area (Å²) >= 11 is 0. The SMILES string of the molecule is CC(C)Oc1ccc(C(=O)NCc2cc(-c3cc4ccccc4o3)on2)cc1. The third-order valence-corrected chi connectivity index (χ3v) is 4.15. The molecule has 4 aromatic rings. The molecule has 28 heavy (non-hydrogen) atoms. The molecule has 0 fully saturated rings. The fourth-order valence-corrected chi connectivity index (χ4v) is 2.84. The predicted octanol–water partition coefficient (Wildman–Crippen LogP) is 4.81. The Kier molecular flexibility index (Phi) is 4.85. The minimum atomic E-state index is -0.190. The third kappa shape index (κ3) is 3.91. The molecule has 0 unspecified atom stereocenters. The zero-order valence-electron chi connectivity index (χ0n) is 15.6. The maximum Gasteiger partial charge on any atom is 0.251 e. The van der Waals surface area contributed by atoms with Crippen LogP contribution in [-0.2, 0) is 6.54 Å². The molecule has 4 rings (SSSR count). The number of rotatable bonds is 6. The van der Waals surface area contributed by atoms with Gasteiger partial charge in [0.05, 0.1) is 12.6 Å². The summed E-state index contributed by atoms with van der Waals surface area (Å²) in [6, 6.07) is 18.4. The molecule has 0 aliphatic carbocycles.